The van der Waals surface area contributed by atoms with Gasteiger partial charge in [0, 0.05) is 18.6 Å². The van der Waals surface area contributed by atoms with Gasteiger partial charge in [0.05, 0.1) is 31.2 Å². The normalized spacial score (nSPS) is 12.1. The molecule has 2 N–H and O–H groups in total. The standard InChI is InChI=1S/C11H12N4O/c1-16-9-4-8(5-14-6-9)11(12)10-7-13-2-3-15-10/h2-7,11H,12H2,1H3. The number of pyridine rings is 1. The van der Waals surface area contributed by atoms with E-state index in [1.807, 2.05) is 6.07 Å². The summed E-state index contributed by atoms with van der Waals surface area (Å²) in [6, 6.07) is 1.50. The second-order valence-electron chi connectivity index (χ2n) is 3.27. The van der Waals surface area contributed by atoms with Gasteiger partial charge in [0.25, 0.3) is 0 Å². The number of methoxy groups -OCH3 is 1. The summed E-state index contributed by atoms with van der Waals surface area (Å²) < 4.78 is 5.09. The van der Waals surface area contributed by atoms with Crippen LogP contribution in [0, 0.1) is 0 Å². The van der Waals surface area contributed by atoms with Crippen LogP contribution in [-0.2, 0) is 0 Å². The molecule has 0 aliphatic carbocycles. The van der Waals surface area contributed by atoms with E-state index in [2.05, 4.69) is 15.0 Å². The van der Waals surface area contributed by atoms with Crippen LogP contribution < -0.4 is 10.5 Å². The number of hydrogen-bond acceptors (Lipinski definition) is 5. The fourth-order valence-corrected chi connectivity index (χ4v) is 1.36. The zero-order valence-electron chi connectivity index (χ0n) is 8.87. The maximum atomic E-state index is 6.04. The number of rotatable bonds is 3. The van der Waals surface area contributed by atoms with Gasteiger partial charge >= 0.3 is 0 Å². The van der Waals surface area contributed by atoms with Gasteiger partial charge in [-0.25, -0.2) is 0 Å². The van der Waals surface area contributed by atoms with E-state index >= 15 is 0 Å². The van der Waals surface area contributed by atoms with E-state index in [1.165, 1.54) is 0 Å². The van der Waals surface area contributed by atoms with Crippen molar-refractivity contribution in [1.29, 1.82) is 0 Å². The largest absolute Gasteiger partial charge is 0.495 e. The lowest BCUT2D eigenvalue weighted by Crippen LogP contribution is -2.14. The van der Waals surface area contributed by atoms with Gasteiger partial charge in [-0.15, -0.1) is 0 Å². The Morgan fingerprint density at radius 3 is 2.75 bits per heavy atom. The van der Waals surface area contributed by atoms with Crippen molar-refractivity contribution in [3.05, 3.63) is 48.3 Å². The summed E-state index contributed by atoms with van der Waals surface area (Å²) in [6.45, 7) is 0. The molecule has 0 saturated heterocycles. The third kappa shape index (κ3) is 2.14. The number of nitrogens with zero attached hydrogens (tertiary/aromatic N) is 3. The molecule has 0 amide bonds. The molecule has 0 radical (unpaired) electrons. The third-order valence-electron chi connectivity index (χ3n) is 2.23. The van der Waals surface area contributed by atoms with E-state index < -0.39 is 0 Å². The molecule has 0 bridgehead atoms. The zero-order chi connectivity index (χ0) is 11.4. The Kier molecular flexibility index (Phi) is 3.07. The Hall–Kier alpha value is -2.01. The minimum Gasteiger partial charge on any atom is -0.495 e. The second-order valence-corrected chi connectivity index (χ2v) is 3.27. The van der Waals surface area contributed by atoms with Crippen molar-refractivity contribution in [2.75, 3.05) is 7.11 Å². The highest BCUT2D eigenvalue weighted by atomic mass is 16.5. The van der Waals surface area contributed by atoms with Gasteiger partial charge in [-0.2, -0.15) is 0 Å². The quantitative estimate of drug-likeness (QED) is 0.826. The summed E-state index contributed by atoms with van der Waals surface area (Å²) in [7, 11) is 1.59. The highest BCUT2D eigenvalue weighted by Crippen LogP contribution is 2.19. The molecular formula is C11H12N4O. The average Bonchev–Trinajstić information content (AvgIpc) is 2.39. The van der Waals surface area contributed by atoms with Crippen LogP contribution in [0.15, 0.2) is 37.1 Å². The topological polar surface area (TPSA) is 73.9 Å². The lowest BCUT2D eigenvalue weighted by Gasteiger charge is -2.11. The minimum atomic E-state index is -0.337. The van der Waals surface area contributed by atoms with Crippen LogP contribution in [0.2, 0.25) is 0 Å². The second kappa shape index (κ2) is 4.67. The van der Waals surface area contributed by atoms with Crippen molar-refractivity contribution in [1.82, 2.24) is 15.0 Å². The van der Waals surface area contributed by atoms with E-state index in [-0.39, 0.29) is 6.04 Å². The molecule has 0 aliphatic heterocycles. The summed E-state index contributed by atoms with van der Waals surface area (Å²) >= 11 is 0. The molecule has 2 heterocycles. The Morgan fingerprint density at radius 2 is 2.06 bits per heavy atom. The lowest BCUT2D eigenvalue weighted by molar-refractivity contribution is 0.412. The van der Waals surface area contributed by atoms with E-state index in [0.29, 0.717) is 11.4 Å². The van der Waals surface area contributed by atoms with Crippen molar-refractivity contribution in [3.8, 4) is 5.75 Å². The Morgan fingerprint density at radius 1 is 1.19 bits per heavy atom. The van der Waals surface area contributed by atoms with Crippen LogP contribution in [-0.4, -0.2) is 22.1 Å². The Labute approximate surface area is 93.3 Å². The molecular weight excluding hydrogens is 204 g/mol. The first-order valence-electron chi connectivity index (χ1n) is 4.81. The van der Waals surface area contributed by atoms with Crippen LogP contribution in [0.1, 0.15) is 17.3 Å². The van der Waals surface area contributed by atoms with E-state index in [0.717, 1.165) is 5.56 Å². The summed E-state index contributed by atoms with van der Waals surface area (Å²) in [5.41, 5.74) is 7.59. The summed E-state index contributed by atoms with van der Waals surface area (Å²) in [6.07, 6.45) is 8.20. The number of hydrogen-bond donors (Lipinski definition) is 1. The first kappa shape index (κ1) is 10.5. The number of nitrogens with two attached hydrogens (primary N) is 1. The molecule has 16 heavy (non-hydrogen) atoms. The van der Waals surface area contributed by atoms with Gasteiger partial charge in [-0.1, -0.05) is 0 Å². The van der Waals surface area contributed by atoms with Crippen molar-refractivity contribution >= 4 is 0 Å². The highest BCUT2D eigenvalue weighted by molar-refractivity contribution is 5.29. The van der Waals surface area contributed by atoms with E-state index in [9.17, 15) is 0 Å². The van der Waals surface area contributed by atoms with Crippen LogP contribution in [0.25, 0.3) is 0 Å². The minimum absolute atomic E-state index is 0.337. The lowest BCUT2D eigenvalue weighted by atomic mass is 10.1. The molecule has 2 aromatic heterocycles. The maximum absolute atomic E-state index is 6.04. The molecule has 5 heteroatoms. The number of aromatic nitrogens is 3. The summed E-state index contributed by atoms with van der Waals surface area (Å²) in [5.74, 6) is 0.678. The molecule has 0 aromatic carbocycles. The third-order valence-corrected chi connectivity index (χ3v) is 2.23. The fourth-order valence-electron chi connectivity index (χ4n) is 1.36. The number of ether oxygens (including phenoxy) is 1. The van der Waals surface area contributed by atoms with Crippen LogP contribution in [0.3, 0.4) is 0 Å². The first-order chi connectivity index (χ1) is 7.81. The molecule has 2 aromatic rings. The smallest absolute Gasteiger partial charge is 0.137 e. The van der Waals surface area contributed by atoms with Crippen LogP contribution in [0.5, 0.6) is 5.75 Å². The van der Waals surface area contributed by atoms with Crippen molar-refractivity contribution in [2.24, 2.45) is 5.73 Å². The summed E-state index contributed by atoms with van der Waals surface area (Å²) in [4.78, 5) is 12.2. The zero-order valence-corrected chi connectivity index (χ0v) is 8.87. The van der Waals surface area contributed by atoms with Crippen LogP contribution in [0.4, 0.5) is 0 Å². The molecule has 5 nitrogen and oxygen atoms in total. The molecule has 0 aliphatic rings. The predicted octanol–water partition coefficient (Wildman–Crippen LogP) is 0.928. The monoisotopic (exact) mass is 216 g/mol. The maximum Gasteiger partial charge on any atom is 0.137 e. The molecule has 2 rings (SSSR count). The van der Waals surface area contributed by atoms with Crippen LogP contribution >= 0.6 is 0 Å². The van der Waals surface area contributed by atoms with Gasteiger partial charge in [-0.3, -0.25) is 15.0 Å². The SMILES string of the molecule is COc1cncc(C(N)c2cnccn2)c1. The average molecular weight is 216 g/mol. The van der Waals surface area contributed by atoms with Gasteiger partial charge in [0.1, 0.15) is 5.75 Å². The Bertz CT molecular complexity index is 461. The molecule has 1 unspecified atom stereocenters. The van der Waals surface area contributed by atoms with Crippen molar-refractivity contribution in [3.63, 3.8) is 0 Å². The molecule has 82 valence electrons. The fraction of sp³-hybridized carbons (Fsp3) is 0.182. The van der Waals surface area contributed by atoms with E-state index in [4.69, 9.17) is 10.5 Å². The highest BCUT2D eigenvalue weighted by Gasteiger charge is 2.11. The first-order valence-corrected chi connectivity index (χ1v) is 4.81. The van der Waals surface area contributed by atoms with Gasteiger partial charge in [0.15, 0.2) is 0 Å². The van der Waals surface area contributed by atoms with Crippen molar-refractivity contribution in [2.45, 2.75) is 6.04 Å². The molecule has 0 spiro atoms. The molecule has 1 atom stereocenters. The van der Waals surface area contributed by atoms with Gasteiger partial charge in [-0.05, 0) is 11.6 Å². The predicted molar refractivity (Wildman–Crippen MR) is 58.9 cm³/mol. The van der Waals surface area contributed by atoms with Gasteiger partial charge in [0.2, 0.25) is 0 Å². The summed E-state index contributed by atoms with van der Waals surface area (Å²) in [5, 5.41) is 0. The van der Waals surface area contributed by atoms with Crippen molar-refractivity contribution < 1.29 is 4.74 Å². The Balaban J connectivity index is 2.30. The molecule has 0 saturated carbocycles. The molecule has 0 fully saturated rings. The van der Waals surface area contributed by atoms with Gasteiger partial charge < -0.3 is 10.5 Å². The van der Waals surface area contributed by atoms with E-state index in [1.54, 1.807) is 38.1 Å².